The van der Waals surface area contributed by atoms with E-state index in [1.807, 2.05) is 0 Å². The number of nitro benzene ring substituents is 1. The Morgan fingerprint density at radius 2 is 1.88 bits per heavy atom. The van der Waals surface area contributed by atoms with Gasteiger partial charge in [-0.3, -0.25) is 10.1 Å². The number of phenolic OH excluding ortho intramolecular Hbond substituents is 1. The zero-order valence-corrected chi connectivity index (χ0v) is 12.6. The fraction of sp³-hybridized carbons (Fsp3) is 0.0588. The molecular formula is C17H12N2O5. The molecule has 0 bridgehead atoms. The lowest BCUT2D eigenvalue weighted by molar-refractivity contribution is -0.383. The van der Waals surface area contributed by atoms with Gasteiger partial charge in [-0.25, -0.2) is 9.78 Å². The summed E-state index contributed by atoms with van der Waals surface area (Å²) in [4.78, 5) is 27.1. The van der Waals surface area contributed by atoms with Crippen LogP contribution in [0.15, 0.2) is 48.5 Å². The van der Waals surface area contributed by atoms with Crippen LogP contribution in [-0.2, 0) is 0 Å². The van der Waals surface area contributed by atoms with E-state index >= 15 is 0 Å². The van der Waals surface area contributed by atoms with Crippen molar-refractivity contribution in [2.24, 2.45) is 0 Å². The maximum absolute atomic E-state index is 12.2. The Hall–Kier alpha value is -3.48. The number of nitrogens with zero attached hydrogens (tertiary/aromatic N) is 2. The second-order valence-corrected chi connectivity index (χ2v) is 5.13. The molecule has 7 heteroatoms. The second-order valence-electron chi connectivity index (χ2n) is 5.13. The lowest BCUT2D eigenvalue weighted by Gasteiger charge is -2.08. The minimum Gasteiger partial charge on any atom is -0.508 e. The van der Waals surface area contributed by atoms with Crippen molar-refractivity contribution in [1.82, 2.24) is 4.98 Å². The summed E-state index contributed by atoms with van der Waals surface area (Å²) in [6.45, 7) is 1.66. The first-order chi connectivity index (χ1) is 11.5. The quantitative estimate of drug-likeness (QED) is 0.450. The van der Waals surface area contributed by atoms with Crippen molar-refractivity contribution in [2.75, 3.05) is 0 Å². The molecule has 24 heavy (non-hydrogen) atoms. The van der Waals surface area contributed by atoms with E-state index in [0.29, 0.717) is 16.5 Å². The van der Waals surface area contributed by atoms with Gasteiger partial charge in [0.15, 0.2) is 0 Å². The lowest BCUT2D eigenvalue weighted by atomic mass is 10.1. The molecule has 1 aromatic heterocycles. The van der Waals surface area contributed by atoms with Crippen LogP contribution in [-0.4, -0.2) is 21.0 Å². The maximum atomic E-state index is 12.2. The monoisotopic (exact) mass is 324 g/mol. The van der Waals surface area contributed by atoms with Gasteiger partial charge in [0.05, 0.1) is 21.3 Å². The Morgan fingerprint density at radius 3 is 2.54 bits per heavy atom. The number of aromatic nitrogens is 1. The van der Waals surface area contributed by atoms with Gasteiger partial charge in [0.25, 0.3) is 5.69 Å². The number of rotatable bonds is 3. The maximum Gasteiger partial charge on any atom is 0.344 e. The molecule has 1 N–H and O–H groups in total. The Kier molecular flexibility index (Phi) is 3.83. The van der Waals surface area contributed by atoms with Crippen molar-refractivity contribution in [3.63, 3.8) is 0 Å². The summed E-state index contributed by atoms with van der Waals surface area (Å²) in [5.74, 6) is -0.631. The number of phenols is 1. The molecule has 0 aliphatic heterocycles. The molecule has 0 fully saturated rings. The molecular weight excluding hydrogens is 312 g/mol. The van der Waals surface area contributed by atoms with Crippen molar-refractivity contribution in [1.29, 1.82) is 0 Å². The van der Waals surface area contributed by atoms with Gasteiger partial charge in [-0.2, -0.15) is 0 Å². The van der Waals surface area contributed by atoms with Crippen molar-refractivity contribution >= 4 is 22.4 Å². The van der Waals surface area contributed by atoms with Crippen LogP contribution in [0.25, 0.3) is 10.8 Å². The Balaban J connectivity index is 2.06. The van der Waals surface area contributed by atoms with Crippen molar-refractivity contribution < 1.29 is 19.6 Å². The van der Waals surface area contributed by atoms with Gasteiger partial charge in [0.2, 0.25) is 5.88 Å². The van der Waals surface area contributed by atoms with Crippen LogP contribution in [0.5, 0.6) is 11.6 Å². The number of carbonyl (C=O) groups is 1. The van der Waals surface area contributed by atoms with Crippen LogP contribution < -0.4 is 4.74 Å². The predicted molar refractivity (Wildman–Crippen MR) is 86.2 cm³/mol. The minimum absolute atomic E-state index is 0.00627. The zero-order chi connectivity index (χ0) is 17.3. The topological polar surface area (TPSA) is 103 Å². The molecule has 0 unspecified atom stereocenters. The van der Waals surface area contributed by atoms with Crippen molar-refractivity contribution in [3.8, 4) is 11.6 Å². The van der Waals surface area contributed by atoms with E-state index < -0.39 is 10.9 Å². The standard InChI is InChI=1S/C17H12N2O5/c1-10-9-14-13(3-2-4-15(14)19(22)23)16(18-10)24-17(21)11-5-7-12(20)8-6-11/h2-9,20H,1H3. The summed E-state index contributed by atoms with van der Waals surface area (Å²) in [6.07, 6.45) is 0. The number of non-ortho nitro benzene ring substituents is 1. The number of ether oxygens (including phenoxy) is 1. The number of aryl methyl sites for hydroxylation is 1. The van der Waals surface area contributed by atoms with Gasteiger partial charge in [-0.15, -0.1) is 0 Å². The molecule has 0 aliphatic rings. The van der Waals surface area contributed by atoms with Gasteiger partial charge < -0.3 is 9.84 Å². The number of carbonyl (C=O) groups excluding carboxylic acids is 1. The second kappa shape index (κ2) is 5.96. The fourth-order valence-electron chi connectivity index (χ4n) is 2.33. The van der Waals surface area contributed by atoms with E-state index in [-0.39, 0.29) is 22.9 Å². The van der Waals surface area contributed by atoms with Crippen LogP contribution in [0.1, 0.15) is 16.1 Å². The van der Waals surface area contributed by atoms with Crippen LogP contribution in [0.4, 0.5) is 5.69 Å². The number of benzene rings is 2. The van der Waals surface area contributed by atoms with Gasteiger partial charge in [0, 0.05) is 11.8 Å². The van der Waals surface area contributed by atoms with Crippen LogP contribution in [0, 0.1) is 17.0 Å². The first-order valence-corrected chi connectivity index (χ1v) is 7.01. The Bertz CT molecular complexity index is 951. The smallest absolute Gasteiger partial charge is 0.344 e. The first kappa shape index (κ1) is 15.4. The molecule has 3 rings (SSSR count). The van der Waals surface area contributed by atoms with Crippen molar-refractivity contribution in [3.05, 3.63) is 69.9 Å². The van der Waals surface area contributed by atoms with Crippen molar-refractivity contribution in [2.45, 2.75) is 6.92 Å². The average Bonchev–Trinajstić information content (AvgIpc) is 2.54. The highest BCUT2D eigenvalue weighted by atomic mass is 16.6. The highest BCUT2D eigenvalue weighted by molar-refractivity contribution is 5.97. The van der Waals surface area contributed by atoms with E-state index in [0.717, 1.165) is 0 Å². The number of fused-ring (bicyclic) bond motifs is 1. The summed E-state index contributed by atoms with van der Waals surface area (Å²) in [5, 5.41) is 21.2. The number of esters is 1. The van der Waals surface area contributed by atoms with Crippen LogP contribution >= 0.6 is 0 Å². The van der Waals surface area contributed by atoms with Gasteiger partial charge in [0.1, 0.15) is 5.75 Å². The number of pyridine rings is 1. The average molecular weight is 324 g/mol. The molecule has 1 heterocycles. The molecule has 0 atom stereocenters. The third kappa shape index (κ3) is 2.87. The largest absolute Gasteiger partial charge is 0.508 e. The summed E-state index contributed by atoms with van der Waals surface area (Å²) in [7, 11) is 0. The summed E-state index contributed by atoms with van der Waals surface area (Å²) >= 11 is 0. The molecule has 0 aliphatic carbocycles. The molecule has 0 amide bonds. The summed E-state index contributed by atoms with van der Waals surface area (Å²) < 4.78 is 5.31. The summed E-state index contributed by atoms with van der Waals surface area (Å²) in [6, 6.07) is 11.6. The highest BCUT2D eigenvalue weighted by Gasteiger charge is 2.18. The third-order valence-corrected chi connectivity index (χ3v) is 3.43. The Morgan fingerprint density at radius 1 is 1.17 bits per heavy atom. The molecule has 0 saturated heterocycles. The van der Waals surface area contributed by atoms with E-state index in [1.54, 1.807) is 19.1 Å². The molecule has 0 spiro atoms. The predicted octanol–water partition coefficient (Wildman–Crippen LogP) is 3.38. The molecule has 0 radical (unpaired) electrons. The molecule has 0 saturated carbocycles. The third-order valence-electron chi connectivity index (χ3n) is 3.43. The van der Waals surface area contributed by atoms with E-state index in [9.17, 15) is 20.0 Å². The molecule has 2 aromatic carbocycles. The van der Waals surface area contributed by atoms with E-state index in [2.05, 4.69) is 4.98 Å². The number of hydrogen-bond acceptors (Lipinski definition) is 6. The molecule has 120 valence electrons. The molecule has 7 nitrogen and oxygen atoms in total. The SMILES string of the molecule is Cc1cc2c([N+](=O)[O-])cccc2c(OC(=O)c2ccc(O)cc2)n1. The van der Waals surface area contributed by atoms with Gasteiger partial charge >= 0.3 is 5.97 Å². The Labute approximate surface area is 136 Å². The number of aromatic hydroxyl groups is 1. The fourth-order valence-corrected chi connectivity index (χ4v) is 2.33. The lowest BCUT2D eigenvalue weighted by Crippen LogP contribution is -2.10. The summed E-state index contributed by atoms with van der Waals surface area (Å²) in [5.41, 5.74) is 0.639. The normalized spacial score (nSPS) is 10.5. The minimum atomic E-state index is -0.666. The number of nitro groups is 1. The molecule has 3 aromatic rings. The first-order valence-electron chi connectivity index (χ1n) is 7.01. The number of hydrogen-bond donors (Lipinski definition) is 1. The van der Waals surface area contributed by atoms with Gasteiger partial charge in [-0.05, 0) is 43.3 Å². The zero-order valence-electron chi connectivity index (χ0n) is 12.6. The van der Waals surface area contributed by atoms with Crippen LogP contribution in [0.2, 0.25) is 0 Å². The van der Waals surface area contributed by atoms with E-state index in [4.69, 9.17) is 4.74 Å². The van der Waals surface area contributed by atoms with Gasteiger partial charge in [-0.1, -0.05) is 6.07 Å². The van der Waals surface area contributed by atoms with Crippen LogP contribution in [0.3, 0.4) is 0 Å². The highest BCUT2D eigenvalue weighted by Crippen LogP contribution is 2.31. The van der Waals surface area contributed by atoms with E-state index in [1.165, 1.54) is 36.4 Å².